The average molecular weight is 293 g/mol. The van der Waals surface area contributed by atoms with Crippen LogP contribution in [-0.2, 0) is 6.18 Å². The molecule has 0 amide bonds. The third-order valence-corrected chi connectivity index (χ3v) is 3.48. The number of aryl methyl sites for hydroxylation is 1. The molecular formula is C17H18F3N. The fraction of sp³-hybridized carbons (Fsp3) is 0.294. The first-order valence-electron chi connectivity index (χ1n) is 6.90. The molecule has 2 aromatic carbocycles. The zero-order valence-electron chi connectivity index (χ0n) is 12.0. The van der Waals surface area contributed by atoms with Gasteiger partial charge in [0.25, 0.3) is 0 Å². The third-order valence-electron chi connectivity index (χ3n) is 3.48. The Hall–Kier alpha value is -1.81. The van der Waals surface area contributed by atoms with Crippen molar-refractivity contribution in [1.82, 2.24) is 5.32 Å². The van der Waals surface area contributed by atoms with Crippen LogP contribution in [0.3, 0.4) is 0 Å². The number of nitrogens with one attached hydrogen (secondary N) is 1. The Morgan fingerprint density at radius 3 is 2.10 bits per heavy atom. The molecule has 0 spiro atoms. The van der Waals surface area contributed by atoms with Gasteiger partial charge in [-0.05, 0) is 36.2 Å². The highest BCUT2D eigenvalue weighted by Crippen LogP contribution is 2.37. The lowest BCUT2D eigenvalue weighted by atomic mass is 9.91. The molecule has 1 atom stereocenters. The van der Waals surface area contributed by atoms with Crippen molar-refractivity contribution in [3.63, 3.8) is 0 Å². The molecule has 1 N–H and O–H groups in total. The maximum atomic E-state index is 13.2. The van der Waals surface area contributed by atoms with Gasteiger partial charge >= 0.3 is 6.18 Å². The molecule has 2 aromatic rings. The smallest absolute Gasteiger partial charge is 0.307 e. The summed E-state index contributed by atoms with van der Waals surface area (Å²) < 4.78 is 39.7. The molecule has 112 valence electrons. The van der Waals surface area contributed by atoms with E-state index in [0.717, 1.165) is 17.2 Å². The summed E-state index contributed by atoms with van der Waals surface area (Å²) in [5.41, 5.74) is 1.52. The SMILES string of the molecule is CCNC(c1ccccc1C)c1ccccc1C(F)(F)F. The number of alkyl halides is 3. The molecule has 1 nitrogen and oxygen atoms in total. The van der Waals surface area contributed by atoms with Crippen molar-refractivity contribution < 1.29 is 13.2 Å². The van der Waals surface area contributed by atoms with Crippen molar-refractivity contribution in [3.05, 3.63) is 70.8 Å². The van der Waals surface area contributed by atoms with Gasteiger partial charge in [-0.3, -0.25) is 0 Å². The fourth-order valence-electron chi connectivity index (χ4n) is 2.51. The molecule has 2 rings (SSSR count). The van der Waals surface area contributed by atoms with E-state index in [1.165, 1.54) is 6.07 Å². The van der Waals surface area contributed by atoms with Crippen molar-refractivity contribution in [2.75, 3.05) is 6.54 Å². The normalized spacial score (nSPS) is 13.2. The Bertz CT molecular complexity index is 605. The minimum absolute atomic E-state index is 0.265. The highest BCUT2D eigenvalue weighted by molar-refractivity contribution is 5.41. The number of rotatable bonds is 4. The zero-order chi connectivity index (χ0) is 15.5. The Balaban J connectivity index is 2.57. The lowest BCUT2D eigenvalue weighted by Crippen LogP contribution is -2.25. The Morgan fingerprint density at radius 2 is 1.52 bits per heavy atom. The van der Waals surface area contributed by atoms with Gasteiger partial charge in [0.05, 0.1) is 11.6 Å². The first-order chi connectivity index (χ1) is 9.95. The number of hydrogen-bond donors (Lipinski definition) is 1. The lowest BCUT2D eigenvalue weighted by molar-refractivity contribution is -0.138. The molecular weight excluding hydrogens is 275 g/mol. The highest BCUT2D eigenvalue weighted by atomic mass is 19.4. The topological polar surface area (TPSA) is 12.0 Å². The van der Waals surface area contributed by atoms with Gasteiger partial charge in [0.1, 0.15) is 0 Å². The molecule has 0 heterocycles. The van der Waals surface area contributed by atoms with Crippen LogP contribution in [0.5, 0.6) is 0 Å². The molecule has 0 aromatic heterocycles. The van der Waals surface area contributed by atoms with Crippen LogP contribution in [0.1, 0.15) is 35.2 Å². The van der Waals surface area contributed by atoms with E-state index in [1.807, 2.05) is 38.1 Å². The zero-order valence-corrected chi connectivity index (χ0v) is 12.0. The van der Waals surface area contributed by atoms with Gasteiger partial charge in [0, 0.05) is 0 Å². The molecule has 0 aliphatic rings. The van der Waals surface area contributed by atoms with Crippen LogP contribution in [0.2, 0.25) is 0 Å². The lowest BCUT2D eigenvalue weighted by Gasteiger charge is -2.24. The van der Waals surface area contributed by atoms with E-state index in [9.17, 15) is 13.2 Å². The van der Waals surface area contributed by atoms with Crippen molar-refractivity contribution in [3.8, 4) is 0 Å². The molecule has 0 aliphatic heterocycles. The van der Waals surface area contributed by atoms with Crippen molar-refractivity contribution >= 4 is 0 Å². The molecule has 0 bridgehead atoms. The number of halogens is 3. The second-order valence-corrected chi connectivity index (χ2v) is 4.93. The van der Waals surface area contributed by atoms with E-state index in [0.29, 0.717) is 6.54 Å². The van der Waals surface area contributed by atoms with Gasteiger partial charge in [0.15, 0.2) is 0 Å². The van der Waals surface area contributed by atoms with Gasteiger partial charge in [-0.25, -0.2) is 0 Å². The van der Waals surface area contributed by atoms with Crippen LogP contribution < -0.4 is 5.32 Å². The van der Waals surface area contributed by atoms with Crippen LogP contribution >= 0.6 is 0 Å². The summed E-state index contributed by atoms with van der Waals surface area (Å²) in [4.78, 5) is 0. The van der Waals surface area contributed by atoms with Gasteiger partial charge in [-0.15, -0.1) is 0 Å². The average Bonchev–Trinajstić information content (AvgIpc) is 2.45. The third kappa shape index (κ3) is 3.45. The number of benzene rings is 2. The largest absolute Gasteiger partial charge is 0.416 e. The molecule has 0 aliphatic carbocycles. The maximum Gasteiger partial charge on any atom is 0.416 e. The van der Waals surface area contributed by atoms with Gasteiger partial charge < -0.3 is 5.32 Å². The van der Waals surface area contributed by atoms with Crippen LogP contribution in [0.25, 0.3) is 0 Å². The second-order valence-electron chi connectivity index (χ2n) is 4.93. The minimum Gasteiger partial charge on any atom is -0.307 e. The van der Waals surface area contributed by atoms with E-state index in [2.05, 4.69) is 5.32 Å². The molecule has 4 heteroatoms. The van der Waals surface area contributed by atoms with Crippen molar-refractivity contribution in [2.24, 2.45) is 0 Å². The molecule has 0 saturated carbocycles. The van der Waals surface area contributed by atoms with E-state index in [4.69, 9.17) is 0 Å². The van der Waals surface area contributed by atoms with Crippen molar-refractivity contribution in [1.29, 1.82) is 0 Å². The first kappa shape index (κ1) is 15.6. The van der Waals surface area contributed by atoms with Crippen molar-refractivity contribution in [2.45, 2.75) is 26.1 Å². The fourth-order valence-corrected chi connectivity index (χ4v) is 2.51. The van der Waals surface area contributed by atoms with Gasteiger partial charge in [-0.2, -0.15) is 13.2 Å². The summed E-state index contributed by atoms with van der Waals surface area (Å²) in [6.45, 7) is 4.39. The monoisotopic (exact) mass is 293 g/mol. The first-order valence-corrected chi connectivity index (χ1v) is 6.90. The van der Waals surface area contributed by atoms with E-state index in [-0.39, 0.29) is 5.56 Å². The molecule has 0 fully saturated rings. The summed E-state index contributed by atoms with van der Waals surface area (Å²) in [6.07, 6.45) is -4.35. The number of hydrogen-bond acceptors (Lipinski definition) is 1. The maximum absolute atomic E-state index is 13.2. The Labute approximate surface area is 122 Å². The molecule has 21 heavy (non-hydrogen) atoms. The predicted octanol–water partition coefficient (Wildman–Crippen LogP) is 4.71. The predicted molar refractivity (Wildman–Crippen MR) is 78.1 cm³/mol. The van der Waals surface area contributed by atoms with E-state index in [1.54, 1.807) is 12.1 Å². The standard InChI is InChI=1S/C17H18F3N/c1-3-21-16(13-9-5-4-8-12(13)2)14-10-6-7-11-15(14)17(18,19)20/h4-11,16,21H,3H2,1-2H3. The summed E-state index contributed by atoms with van der Waals surface area (Å²) in [6, 6.07) is 12.8. The summed E-state index contributed by atoms with van der Waals surface area (Å²) in [5, 5.41) is 3.17. The minimum atomic E-state index is -4.35. The van der Waals surface area contributed by atoms with Crippen LogP contribution in [-0.4, -0.2) is 6.54 Å². The summed E-state index contributed by atoms with van der Waals surface area (Å²) in [5.74, 6) is 0. The van der Waals surface area contributed by atoms with Gasteiger partial charge in [0.2, 0.25) is 0 Å². The van der Waals surface area contributed by atoms with E-state index < -0.39 is 17.8 Å². The second kappa shape index (κ2) is 6.31. The Morgan fingerprint density at radius 1 is 0.952 bits per heavy atom. The van der Waals surface area contributed by atoms with E-state index >= 15 is 0 Å². The highest BCUT2D eigenvalue weighted by Gasteiger charge is 2.35. The molecule has 0 radical (unpaired) electrons. The molecule has 1 unspecified atom stereocenters. The van der Waals surface area contributed by atoms with Crippen LogP contribution in [0.4, 0.5) is 13.2 Å². The quantitative estimate of drug-likeness (QED) is 0.860. The van der Waals surface area contributed by atoms with Gasteiger partial charge in [-0.1, -0.05) is 49.4 Å². The van der Waals surface area contributed by atoms with Crippen LogP contribution in [0.15, 0.2) is 48.5 Å². The summed E-state index contributed by atoms with van der Waals surface area (Å²) in [7, 11) is 0. The van der Waals surface area contributed by atoms with Crippen LogP contribution in [0, 0.1) is 6.92 Å². The Kier molecular flexibility index (Phi) is 4.68. The molecule has 0 saturated heterocycles. The summed E-state index contributed by atoms with van der Waals surface area (Å²) >= 11 is 0.